The summed E-state index contributed by atoms with van der Waals surface area (Å²) in [7, 11) is 0. The lowest BCUT2D eigenvalue weighted by Gasteiger charge is -2.32. The summed E-state index contributed by atoms with van der Waals surface area (Å²) in [5, 5.41) is 43.0. The number of aryl methyl sites for hydroxylation is 1. The maximum absolute atomic E-state index is 10.4. The number of aliphatic hydroxyl groups excluding tert-OH is 2. The Balaban J connectivity index is 0.000000489. The first-order valence-corrected chi connectivity index (χ1v) is 11.3. The Morgan fingerprint density at radius 1 is 0.853 bits per heavy atom. The van der Waals surface area contributed by atoms with Gasteiger partial charge in [0.1, 0.15) is 5.75 Å². The monoisotopic (exact) mass is 475 g/mol. The van der Waals surface area contributed by atoms with Crippen LogP contribution < -0.4 is 0 Å². The molecule has 3 atom stereocenters. The molecule has 8 heteroatoms. The molecule has 2 rings (SSSR count). The number of phenols is 1. The van der Waals surface area contributed by atoms with Crippen molar-refractivity contribution in [3.05, 3.63) is 65.2 Å². The highest BCUT2D eigenvalue weighted by Gasteiger charge is 2.29. The van der Waals surface area contributed by atoms with Crippen molar-refractivity contribution in [2.45, 2.75) is 71.2 Å². The minimum Gasteiger partial charge on any atom is -0.508 e. The van der Waals surface area contributed by atoms with E-state index in [1.807, 2.05) is 18.2 Å². The van der Waals surface area contributed by atoms with Gasteiger partial charge in [0.2, 0.25) is 0 Å². The van der Waals surface area contributed by atoms with Crippen molar-refractivity contribution in [2.75, 3.05) is 6.54 Å². The fourth-order valence-corrected chi connectivity index (χ4v) is 3.80. The smallest absolute Gasteiger partial charge is 0.335 e. The standard InChI is InChI=1S/C22H31NO.C4H6O6/c1-16(2)23(17(3)4)14-13-20(19-9-7-6-8-10-19)21-15-18(5)11-12-22(21)24;5-1(3(7)8)2(6)4(9)10/h6-12,15-17,20,24H,13-14H2,1-5H3;1-2,5-6H,(H,7,8)(H,9,10)/t20-;/m0./s1. The quantitative estimate of drug-likeness (QED) is 0.353. The lowest BCUT2D eigenvalue weighted by atomic mass is 9.87. The van der Waals surface area contributed by atoms with E-state index in [1.165, 1.54) is 11.1 Å². The first-order valence-electron chi connectivity index (χ1n) is 11.3. The van der Waals surface area contributed by atoms with Gasteiger partial charge in [-0.2, -0.15) is 0 Å². The summed E-state index contributed by atoms with van der Waals surface area (Å²) in [5.41, 5.74) is 3.49. The van der Waals surface area contributed by atoms with Gasteiger partial charge in [-0.15, -0.1) is 0 Å². The highest BCUT2D eigenvalue weighted by Crippen LogP contribution is 2.35. The van der Waals surface area contributed by atoms with Gasteiger partial charge in [0.15, 0.2) is 12.2 Å². The van der Waals surface area contributed by atoms with Crippen molar-refractivity contribution in [1.29, 1.82) is 0 Å². The fourth-order valence-electron chi connectivity index (χ4n) is 3.80. The summed E-state index contributed by atoms with van der Waals surface area (Å²) in [6, 6.07) is 17.5. The fraction of sp³-hybridized carbons (Fsp3) is 0.462. The van der Waals surface area contributed by atoms with Crippen molar-refractivity contribution < 1.29 is 35.1 Å². The molecule has 34 heavy (non-hydrogen) atoms. The molecule has 2 aromatic carbocycles. The maximum atomic E-state index is 10.4. The van der Waals surface area contributed by atoms with Crippen molar-refractivity contribution in [1.82, 2.24) is 4.90 Å². The molecule has 5 N–H and O–H groups in total. The number of hydrogen-bond donors (Lipinski definition) is 5. The summed E-state index contributed by atoms with van der Waals surface area (Å²) >= 11 is 0. The van der Waals surface area contributed by atoms with Gasteiger partial charge in [-0.1, -0.05) is 48.0 Å². The molecule has 188 valence electrons. The van der Waals surface area contributed by atoms with Gasteiger partial charge in [0.05, 0.1) is 0 Å². The molecule has 0 aliphatic carbocycles. The summed E-state index contributed by atoms with van der Waals surface area (Å²) < 4.78 is 0. The molecule has 0 fully saturated rings. The predicted octanol–water partition coefficient (Wildman–Crippen LogP) is 3.22. The van der Waals surface area contributed by atoms with Gasteiger partial charge in [0, 0.05) is 23.6 Å². The lowest BCUT2D eigenvalue weighted by molar-refractivity contribution is -0.165. The molecule has 0 saturated carbocycles. The molecule has 0 saturated heterocycles. The van der Waals surface area contributed by atoms with E-state index in [2.05, 4.69) is 69.9 Å². The van der Waals surface area contributed by atoms with Crippen LogP contribution in [0.15, 0.2) is 48.5 Å². The number of benzene rings is 2. The average Bonchev–Trinajstić information content (AvgIpc) is 2.78. The van der Waals surface area contributed by atoms with Gasteiger partial charge in [0.25, 0.3) is 0 Å². The molecule has 2 aromatic rings. The highest BCUT2D eigenvalue weighted by molar-refractivity contribution is 5.83. The van der Waals surface area contributed by atoms with E-state index in [0.29, 0.717) is 17.8 Å². The Hall–Kier alpha value is -2.94. The van der Waals surface area contributed by atoms with Crippen LogP contribution in [-0.4, -0.2) is 73.2 Å². The normalized spacial score (nSPS) is 13.8. The third kappa shape index (κ3) is 8.78. The Bertz CT molecular complexity index is 889. The van der Waals surface area contributed by atoms with Crippen molar-refractivity contribution in [3.63, 3.8) is 0 Å². The average molecular weight is 476 g/mol. The largest absolute Gasteiger partial charge is 0.508 e. The van der Waals surface area contributed by atoms with Gasteiger partial charge >= 0.3 is 11.9 Å². The van der Waals surface area contributed by atoms with Crippen LogP contribution in [0.2, 0.25) is 0 Å². The Morgan fingerprint density at radius 2 is 1.35 bits per heavy atom. The Morgan fingerprint density at radius 3 is 1.79 bits per heavy atom. The number of carboxylic acids is 2. The minimum absolute atomic E-state index is 0.214. The number of phenolic OH excluding ortho intramolecular Hbond substituents is 1. The molecule has 0 aliphatic heterocycles. The molecule has 8 nitrogen and oxygen atoms in total. The number of aromatic hydroxyl groups is 1. The maximum Gasteiger partial charge on any atom is 0.335 e. The highest BCUT2D eigenvalue weighted by atomic mass is 16.4. The van der Waals surface area contributed by atoms with Crippen LogP contribution >= 0.6 is 0 Å². The van der Waals surface area contributed by atoms with Crippen molar-refractivity contribution >= 4 is 11.9 Å². The number of rotatable bonds is 10. The first kappa shape index (κ1) is 29.1. The van der Waals surface area contributed by atoms with E-state index in [4.69, 9.17) is 20.4 Å². The topological polar surface area (TPSA) is 139 Å². The van der Waals surface area contributed by atoms with E-state index in [0.717, 1.165) is 18.5 Å². The number of nitrogens with zero attached hydrogens (tertiary/aromatic N) is 1. The second-order valence-corrected chi connectivity index (χ2v) is 8.81. The molecule has 0 spiro atoms. The number of aliphatic carboxylic acids is 2. The summed E-state index contributed by atoms with van der Waals surface area (Å²) in [6.45, 7) is 12.1. The molecule has 0 amide bonds. The number of hydrogen-bond acceptors (Lipinski definition) is 6. The van der Waals surface area contributed by atoms with Gasteiger partial charge < -0.3 is 25.5 Å². The summed E-state index contributed by atoms with van der Waals surface area (Å²) in [6.07, 6.45) is -3.54. The van der Waals surface area contributed by atoms with Crippen LogP contribution in [0.3, 0.4) is 0 Å². The zero-order valence-electron chi connectivity index (χ0n) is 20.4. The van der Waals surface area contributed by atoms with Crippen LogP contribution in [0.4, 0.5) is 0 Å². The zero-order valence-corrected chi connectivity index (χ0v) is 20.4. The molecular weight excluding hydrogens is 438 g/mol. The first-order chi connectivity index (χ1) is 15.9. The molecule has 0 bridgehead atoms. The SMILES string of the molecule is Cc1ccc(O)c([C@@H](CCN(C(C)C)C(C)C)c2ccccc2)c1.O=C(O)C(O)C(O)C(=O)O. The predicted molar refractivity (Wildman–Crippen MR) is 130 cm³/mol. The summed E-state index contributed by atoms with van der Waals surface area (Å²) in [4.78, 5) is 22.1. The van der Waals surface area contributed by atoms with Gasteiger partial charge in [-0.05, 0) is 59.2 Å². The second kappa shape index (κ2) is 13.7. The lowest BCUT2D eigenvalue weighted by Crippen LogP contribution is -2.39. The van der Waals surface area contributed by atoms with Crippen LogP contribution in [0.5, 0.6) is 5.75 Å². The van der Waals surface area contributed by atoms with E-state index in [1.54, 1.807) is 0 Å². The van der Waals surface area contributed by atoms with E-state index >= 15 is 0 Å². The molecular formula is C26H37NO7. The number of carboxylic acid groups (broad SMARTS) is 2. The third-order valence-electron chi connectivity index (χ3n) is 5.57. The van der Waals surface area contributed by atoms with Crippen molar-refractivity contribution in [2.24, 2.45) is 0 Å². The van der Waals surface area contributed by atoms with Crippen molar-refractivity contribution in [3.8, 4) is 5.75 Å². The molecule has 2 unspecified atom stereocenters. The Kier molecular flexibility index (Phi) is 11.7. The number of aliphatic hydroxyl groups is 2. The van der Waals surface area contributed by atoms with Crippen LogP contribution in [0.1, 0.15) is 56.7 Å². The van der Waals surface area contributed by atoms with E-state index in [9.17, 15) is 14.7 Å². The van der Waals surface area contributed by atoms with E-state index < -0.39 is 24.1 Å². The molecule has 0 aliphatic rings. The molecule has 0 heterocycles. The van der Waals surface area contributed by atoms with Crippen LogP contribution in [0.25, 0.3) is 0 Å². The van der Waals surface area contributed by atoms with Gasteiger partial charge in [-0.25, -0.2) is 9.59 Å². The summed E-state index contributed by atoms with van der Waals surface area (Å²) in [5.74, 6) is -2.93. The van der Waals surface area contributed by atoms with E-state index in [-0.39, 0.29) is 5.92 Å². The number of carbonyl (C=O) groups is 2. The zero-order chi connectivity index (χ0) is 26.0. The molecule has 0 radical (unpaired) electrons. The molecule has 0 aromatic heterocycles. The minimum atomic E-state index is -2.27. The third-order valence-corrected chi connectivity index (χ3v) is 5.57. The second-order valence-electron chi connectivity index (χ2n) is 8.81. The van der Waals surface area contributed by atoms with Crippen LogP contribution in [-0.2, 0) is 9.59 Å². The van der Waals surface area contributed by atoms with Gasteiger partial charge in [-0.3, -0.25) is 4.90 Å². The Labute approximate surface area is 201 Å². The van der Waals surface area contributed by atoms with Crippen LogP contribution in [0, 0.1) is 6.92 Å².